The van der Waals surface area contributed by atoms with Crippen LogP contribution in [0.1, 0.15) is 26.3 Å². The van der Waals surface area contributed by atoms with Crippen molar-refractivity contribution in [2.75, 3.05) is 44.8 Å². The molecular weight excluding hydrogens is 340 g/mol. The number of aromatic nitrogens is 1. The second-order valence-corrected chi connectivity index (χ2v) is 8.26. The van der Waals surface area contributed by atoms with E-state index in [9.17, 15) is 4.79 Å². The van der Waals surface area contributed by atoms with Crippen molar-refractivity contribution in [1.82, 2.24) is 9.88 Å². The van der Waals surface area contributed by atoms with E-state index in [0.29, 0.717) is 30.9 Å². The van der Waals surface area contributed by atoms with E-state index in [1.165, 1.54) is 0 Å². The molecule has 1 saturated heterocycles. The van der Waals surface area contributed by atoms with E-state index in [-0.39, 0.29) is 17.4 Å². The van der Waals surface area contributed by atoms with Gasteiger partial charge in [-0.25, -0.2) is 4.98 Å². The van der Waals surface area contributed by atoms with Crippen LogP contribution >= 0.6 is 11.6 Å². The number of hydrogen-bond acceptors (Lipinski definition) is 4. The third-order valence-electron chi connectivity index (χ3n) is 5.27. The van der Waals surface area contributed by atoms with Crippen LogP contribution in [0.25, 0.3) is 0 Å². The highest BCUT2D eigenvalue weighted by atomic mass is 35.5. The molecular formula is C18H28ClN4O2+. The molecule has 0 radical (unpaired) electrons. The molecule has 1 fully saturated rings. The van der Waals surface area contributed by atoms with Crippen LogP contribution in [-0.4, -0.2) is 67.8 Å². The van der Waals surface area contributed by atoms with Crippen molar-refractivity contribution in [1.29, 1.82) is 0 Å². The highest BCUT2D eigenvalue weighted by Gasteiger charge is 2.40. The van der Waals surface area contributed by atoms with Gasteiger partial charge in [0, 0.05) is 30.8 Å². The number of nitrogens with zero attached hydrogens (tertiary/aromatic N) is 3. The molecule has 25 heavy (non-hydrogen) atoms. The SMILES string of the molecule is COC[C@H]1C[NH2+][C@H](C)CN1CC(=O)N1CC(C)(C)c2cnc(Cl)cc21. The summed E-state index contributed by atoms with van der Waals surface area (Å²) in [5, 5.41) is 2.75. The van der Waals surface area contributed by atoms with Crippen molar-refractivity contribution in [2.24, 2.45) is 0 Å². The number of anilines is 1. The summed E-state index contributed by atoms with van der Waals surface area (Å²) in [5.41, 5.74) is 1.87. The van der Waals surface area contributed by atoms with E-state index in [1.807, 2.05) is 11.0 Å². The molecule has 3 heterocycles. The van der Waals surface area contributed by atoms with Gasteiger partial charge in [-0.3, -0.25) is 9.69 Å². The van der Waals surface area contributed by atoms with Crippen LogP contribution in [0.4, 0.5) is 5.69 Å². The molecule has 2 aliphatic heterocycles. The van der Waals surface area contributed by atoms with Gasteiger partial charge < -0.3 is 15.0 Å². The molecule has 1 aromatic heterocycles. The summed E-state index contributed by atoms with van der Waals surface area (Å²) >= 11 is 6.08. The fraction of sp³-hybridized carbons (Fsp3) is 0.667. The van der Waals surface area contributed by atoms with Gasteiger partial charge in [0.1, 0.15) is 5.15 Å². The molecule has 0 saturated carbocycles. The summed E-state index contributed by atoms with van der Waals surface area (Å²) in [6.07, 6.45) is 1.80. The maximum absolute atomic E-state index is 13.1. The summed E-state index contributed by atoms with van der Waals surface area (Å²) in [6.45, 7) is 10.0. The average Bonchev–Trinajstić information content (AvgIpc) is 2.81. The number of rotatable bonds is 4. The van der Waals surface area contributed by atoms with Gasteiger partial charge in [-0.2, -0.15) is 0 Å². The normalized spacial score (nSPS) is 25.9. The monoisotopic (exact) mass is 367 g/mol. The number of pyridine rings is 1. The molecule has 2 N–H and O–H groups in total. The Morgan fingerprint density at radius 2 is 2.28 bits per heavy atom. The van der Waals surface area contributed by atoms with Crippen LogP contribution in [0.3, 0.4) is 0 Å². The number of halogens is 1. The van der Waals surface area contributed by atoms with Gasteiger partial charge >= 0.3 is 0 Å². The lowest BCUT2D eigenvalue weighted by atomic mass is 9.88. The zero-order valence-corrected chi connectivity index (χ0v) is 16.2. The van der Waals surface area contributed by atoms with Crippen molar-refractivity contribution in [3.05, 3.63) is 23.0 Å². The number of piperazine rings is 1. The van der Waals surface area contributed by atoms with Gasteiger partial charge in [0.05, 0.1) is 44.0 Å². The first-order valence-electron chi connectivity index (χ1n) is 8.84. The van der Waals surface area contributed by atoms with Crippen molar-refractivity contribution in [3.63, 3.8) is 0 Å². The number of carbonyl (C=O) groups is 1. The summed E-state index contributed by atoms with van der Waals surface area (Å²) in [6, 6.07) is 2.56. The molecule has 0 aromatic carbocycles. The maximum atomic E-state index is 13.1. The van der Waals surface area contributed by atoms with Crippen molar-refractivity contribution >= 4 is 23.2 Å². The van der Waals surface area contributed by atoms with Crippen molar-refractivity contribution in [2.45, 2.75) is 38.3 Å². The Morgan fingerprint density at radius 3 is 3.00 bits per heavy atom. The fourth-order valence-electron chi connectivity index (χ4n) is 3.90. The smallest absolute Gasteiger partial charge is 0.241 e. The number of carbonyl (C=O) groups excluding carboxylic acids is 1. The van der Waals surface area contributed by atoms with Crippen LogP contribution in [0.2, 0.25) is 5.15 Å². The Hall–Kier alpha value is -1.21. The van der Waals surface area contributed by atoms with Gasteiger partial charge in [0.15, 0.2) is 0 Å². The minimum atomic E-state index is -0.114. The van der Waals surface area contributed by atoms with Gasteiger partial charge in [-0.05, 0) is 13.0 Å². The first kappa shape index (κ1) is 18.6. The number of hydrogen-bond donors (Lipinski definition) is 1. The van der Waals surface area contributed by atoms with Gasteiger partial charge in [-0.1, -0.05) is 25.4 Å². The highest BCUT2D eigenvalue weighted by molar-refractivity contribution is 6.29. The van der Waals surface area contributed by atoms with E-state index in [4.69, 9.17) is 16.3 Å². The summed E-state index contributed by atoms with van der Waals surface area (Å²) in [5.74, 6) is 0.115. The van der Waals surface area contributed by atoms with Gasteiger partial charge in [0.25, 0.3) is 0 Å². The predicted octanol–water partition coefficient (Wildman–Crippen LogP) is 0.642. The second-order valence-electron chi connectivity index (χ2n) is 7.88. The van der Waals surface area contributed by atoms with Gasteiger partial charge in [-0.15, -0.1) is 0 Å². The summed E-state index contributed by atoms with van der Waals surface area (Å²) in [4.78, 5) is 21.4. The standard InChI is InChI=1S/C18H27ClN4O2/c1-12-8-22(13(6-20-12)10-25-4)9-17(24)23-11-18(2,3)14-7-21-16(19)5-15(14)23/h5,7,12-13,20H,6,8-11H2,1-4H3/p+1/t12-,13-/m1/s1. The Morgan fingerprint density at radius 1 is 1.52 bits per heavy atom. The molecule has 0 unspecified atom stereocenters. The van der Waals surface area contributed by atoms with Crippen LogP contribution in [0, 0.1) is 0 Å². The first-order valence-corrected chi connectivity index (χ1v) is 9.22. The molecule has 1 amide bonds. The topological polar surface area (TPSA) is 62.3 Å². The van der Waals surface area contributed by atoms with Crippen LogP contribution in [0.5, 0.6) is 0 Å². The number of ether oxygens (including phenoxy) is 1. The van der Waals surface area contributed by atoms with Crippen LogP contribution in [-0.2, 0) is 14.9 Å². The average molecular weight is 368 g/mol. The Kier molecular flexibility index (Phi) is 5.34. The van der Waals surface area contributed by atoms with E-state index < -0.39 is 0 Å². The molecule has 0 spiro atoms. The molecule has 138 valence electrons. The maximum Gasteiger partial charge on any atom is 0.241 e. The minimum Gasteiger partial charge on any atom is -0.383 e. The van der Waals surface area contributed by atoms with E-state index >= 15 is 0 Å². The molecule has 2 aliphatic rings. The fourth-order valence-corrected chi connectivity index (χ4v) is 4.06. The number of amides is 1. The quantitative estimate of drug-likeness (QED) is 0.793. The van der Waals surface area contributed by atoms with E-state index in [2.05, 4.69) is 36.0 Å². The number of nitrogens with two attached hydrogens (primary N) is 1. The van der Waals surface area contributed by atoms with Crippen LogP contribution < -0.4 is 10.2 Å². The van der Waals surface area contributed by atoms with Crippen molar-refractivity contribution < 1.29 is 14.8 Å². The Bertz CT molecular complexity index is 652. The van der Waals surface area contributed by atoms with Crippen LogP contribution in [0.15, 0.2) is 12.3 Å². The number of methoxy groups -OCH3 is 1. The molecule has 3 rings (SSSR count). The second kappa shape index (κ2) is 7.19. The predicted molar refractivity (Wildman–Crippen MR) is 98.1 cm³/mol. The minimum absolute atomic E-state index is 0.114. The third kappa shape index (κ3) is 3.82. The van der Waals surface area contributed by atoms with Crippen molar-refractivity contribution in [3.8, 4) is 0 Å². The third-order valence-corrected chi connectivity index (χ3v) is 5.48. The Labute approximate surface area is 154 Å². The summed E-state index contributed by atoms with van der Waals surface area (Å²) in [7, 11) is 1.71. The zero-order valence-electron chi connectivity index (χ0n) is 15.5. The lowest BCUT2D eigenvalue weighted by molar-refractivity contribution is -0.700. The number of fused-ring (bicyclic) bond motifs is 1. The molecule has 6 nitrogen and oxygen atoms in total. The van der Waals surface area contributed by atoms with E-state index in [1.54, 1.807) is 13.3 Å². The number of quaternary nitrogens is 1. The zero-order chi connectivity index (χ0) is 18.2. The first-order chi connectivity index (χ1) is 11.8. The molecule has 0 aliphatic carbocycles. The Balaban J connectivity index is 1.78. The highest BCUT2D eigenvalue weighted by Crippen LogP contribution is 2.40. The molecule has 0 bridgehead atoms. The lowest BCUT2D eigenvalue weighted by Gasteiger charge is -2.36. The molecule has 1 aromatic rings. The largest absolute Gasteiger partial charge is 0.383 e. The lowest BCUT2D eigenvalue weighted by Crippen LogP contribution is -2.96. The van der Waals surface area contributed by atoms with Gasteiger partial charge in [0.2, 0.25) is 5.91 Å². The molecule has 7 heteroatoms. The van der Waals surface area contributed by atoms with E-state index in [0.717, 1.165) is 24.3 Å². The molecule has 2 atom stereocenters. The summed E-state index contributed by atoms with van der Waals surface area (Å²) < 4.78 is 5.35.